The summed E-state index contributed by atoms with van der Waals surface area (Å²) in [6.45, 7) is 2.56. The largest absolute Gasteiger partial charge is 0.335 e. The summed E-state index contributed by atoms with van der Waals surface area (Å²) in [6.07, 6.45) is 8.25. The summed E-state index contributed by atoms with van der Waals surface area (Å²) in [4.78, 5) is 15.7. The Balaban J connectivity index is 1.77. The van der Waals surface area contributed by atoms with Gasteiger partial charge in [-0.2, -0.15) is 0 Å². The molecule has 4 nitrogen and oxygen atoms in total. The number of nitrogens with one attached hydrogen (secondary N) is 2. The standard InChI is InChI=1S/C13H19N3O/c1-10-8-14-7-6-11(10)9-15-13(17)16-12-4-2-3-5-12/h6-8,12H,2-5,9H2,1H3,(H2,15,16,17). The average molecular weight is 233 g/mol. The molecule has 0 radical (unpaired) electrons. The predicted octanol–water partition coefficient (Wildman–Crippen LogP) is 2.13. The third-order valence-corrected chi connectivity index (χ3v) is 3.27. The van der Waals surface area contributed by atoms with Crippen molar-refractivity contribution in [2.75, 3.05) is 0 Å². The van der Waals surface area contributed by atoms with Gasteiger partial charge in [0.2, 0.25) is 0 Å². The number of hydrogen-bond donors (Lipinski definition) is 2. The first-order valence-corrected chi connectivity index (χ1v) is 6.19. The molecule has 1 aliphatic rings. The van der Waals surface area contributed by atoms with Gasteiger partial charge in [-0.15, -0.1) is 0 Å². The first kappa shape index (κ1) is 11.9. The maximum atomic E-state index is 11.6. The molecule has 0 spiro atoms. The number of carbonyl (C=O) groups is 1. The third kappa shape index (κ3) is 3.44. The van der Waals surface area contributed by atoms with Crippen LogP contribution in [0.4, 0.5) is 4.79 Å². The number of rotatable bonds is 3. The van der Waals surface area contributed by atoms with Crippen molar-refractivity contribution in [1.82, 2.24) is 15.6 Å². The van der Waals surface area contributed by atoms with Crippen molar-refractivity contribution in [3.8, 4) is 0 Å². The van der Waals surface area contributed by atoms with Crippen molar-refractivity contribution < 1.29 is 4.79 Å². The number of amides is 2. The summed E-state index contributed by atoms with van der Waals surface area (Å²) < 4.78 is 0. The first-order chi connectivity index (χ1) is 8.25. The van der Waals surface area contributed by atoms with Crippen LogP contribution in [0.3, 0.4) is 0 Å². The lowest BCUT2D eigenvalue weighted by molar-refractivity contribution is 0.236. The van der Waals surface area contributed by atoms with Gasteiger partial charge in [0, 0.05) is 25.0 Å². The van der Waals surface area contributed by atoms with Crippen LogP contribution < -0.4 is 10.6 Å². The van der Waals surface area contributed by atoms with Gasteiger partial charge in [0.05, 0.1) is 0 Å². The van der Waals surface area contributed by atoms with Gasteiger partial charge >= 0.3 is 6.03 Å². The van der Waals surface area contributed by atoms with E-state index in [4.69, 9.17) is 0 Å². The number of pyridine rings is 1. The second-order valence-electron chi connectivity index (χ2n) is 4.61. The molecule has 17 heavy (non-hydrogen) atoms. The summed E-state index contributed by atoms with van der Waals surface area (Å²) >= 11 is 0. The lowest BCUT2D eigenvalue weighted by Crippen LogP contribution is -2.40. The van der Waals surface area contributed by atoms with Crippen molar-refractivity contribution in [1.29, 1.82) is 0 Å². The number of aryl methyl sites for hydroxylation is 1. The van der Waals surface area contributed by atoms with E-state index in [1.54, 1.807) is 6.20 Å². The van der Waals surface area contributed by atoms with Crippen molar-refractivity contribution in [2.45, 2.75) is 45.2 Å². The number of urea groups is 1. The SMILES string of the molecule is Cc1cnccc1CNC(=O)NC1CCCC1. The Hall–Kier alpha value is -1.58. The molecule has 1 saturated carbocycles. The first-order valence-electron chi connectivity index (χ1n) is 6.19. The van der Waals surface area contributed by atoms with E-state index >= 15 is 0 Å². The Morgan fingerprint density at radius 2 is 2.24 bits per heavy atom. The van der Waals surface area contributed by atoms with E-state index in [2.05, 4.69) is 15.6 Å². The second kappa shape index (κ2) is 5.66. The minimum Gasteiger partial charge on any atom is -0.335 e. The van der Waals surface area contributed by atoms with Gasteiger partial charge in [0.25, 0.3) is 0 Å². The van der Waals surface area contributed by atoms with Crippen LogP contribution in [0, 0.1) is 6.92 Å². The third-order valence-electron chi connectivity index (χ3n) is 3.27. The second-order valence-corrected chi connectivity index (χ2v) is 4.61. The molecule has 0 bridgehead atoms. The van der Waals surface area contributed by atoms with E-state index in [1.807, 2.05) is 19.2 Å². The van der Waals surface area contributed by atoms with E-state index in [-0.39, 0.29) is 6.03 Å². The van der Waals surface area contributed by atoms with Crippen LogP contribution >= 0.6 is 0 Å². The molecule has 2 rings (SSSR count). The number of hydrogen-bond acceptors (Lipinski definition) is 2. The molecule has 0 aliphatic heterocycles. The van der Waals surface area contributed by atoms with Crippen molar-refractivity contribution in [3.63, 3.8) is 0 Å². The molecule has 4 heteroatoms. The highest BCUT2D eigenvalue weighted by Crippen LogP contribution is 2.17. The van der Waals surface area contributed by atoms with E-state index in [9.17, 15) is 4.79 Å². The normalized spacial score (nSPS) is 15.8. The molecule has 1 heterocycles. The molecular formula is C13H19N3O. The molecule has 0 unspecified atom stereocenters. The van der Waals surface area contributed by atoms with E-state index in [0.29, 0.717) is 12.6 Å². The highest BCUT2D eigenvalue weighted by molar-refractivity contribution is 5.74. The van der Waals surface area contributed by atoms with E-state index in [0.717, 1.165) is 24.0 Å². The van der Waals surface area contributed by atoms with Gasteiger partial charge in [-0.25, -0.2) is 4.79 Å². The van der Waals surface area contributed by atoms with Crippen molar-refractivity contribution in [2.24, 2.45) is 0 Å². The van der Waals surface area contributed by atoms with Gasteiger partial charge in [-0.1, -0.05) is 12.8 Å². The van der Waals surface area contributed by atoms with Crippen LogP contribution in [0.2, 0.25) is 0 Å². The smallest absolute Gasteiger partial charge is 0.315 e. The zero-order valence-electron chi connectivity index (χ0n) is 10.2. The van der Waals surface area contributed by atoms with Gasteiger partial charge in [0.1, 0.15) is 0 Å². The highest BCUT2D eigenvalue weighted by Gasteiger charge is 2.16. The Kier molecular flexibility index (Phi) is 3.96. The molecule has 1 fully saturated rings. The minimum absolute atomic E-state index is 0.0619. The summed E-state index contributed by atoms with van der Waals surface area (Å²) in [5.74, 6) is 0. The van der Waals surface area contributed by atoms with Crippen LogP contribution in [0.1, 0.15) is 36.8 Å². The Morgan fingerprint density at radius 3 is 2.94 bits per heavy atom. The maximum Gasteiger partial charge on any atom is 0.315 e. The molecule has 0 atom stereocenters. The molecule has 2 amide bonds. The molecular weight excluding hydrogens is 214 g/mol. The van der Waals surface area contributed by atoms with Gasteiger partial charge in [-0.05, 0) is 37.0 Å². The molecule has 0 saturated heterocycles. The van der Waals surface area contributed by atoms with Crippen LogP contribution in [0.5, 0.6) is 0 Å². The molecule has 92 valence electrons. The van der Waals surface area contributed by atoms with E-state index < -0.39 is 0 Å². The summed E-state index contributed by atoms with van der Waals surface area (Å²) in [6, 6.07) is 2.24. The maximum absolute atomic E-state index is 11.6. The average Bonchev–Trinajstić information content (AvgIpc) is 2.81. The fourth-order valence-electron chi connectivity index (χ4n) is 2.18. The van der Waals surface area contributed by atoms with Gasteiger partial charge < -0.3 is 10.6 Å². The molecule has 1 aromatic rings. The Morgan fingerprint density at radius 1 is 1.47 bits per heavy atom. The number of carbonyl (C=O) groups excluding carboxylic acids is 1. The topological polar surface area (TPSA) is 54.0 Å². The van der Waals surface area contributed by atoms with Gasteiger partial charge in [0.15, 0.2) is 0 Å². The lowest BCUT2D eigenvalue weighted by atomic mass is 10.1. The van der Waals surface area contributed by atoms with Crippen LogP contribution in [0.15, 0.2) is 18.5 Å². The van der Waals surface area contributed by atoms with Crippen LogP contribution in [-0.4, -0.2) is 17.1 Å². The van der Waals surface area contributed by atoms with E-state index in [1.165, 1.54) is 12.8 Å². The van der Waals surface area contributed by atoms with Crippen LogP contribution in [-0.2, 0) is 6.54 Å². The number of aromatic nitrogens is 1. The fourth-order valence-corrected chi connectivity index (χ4v) is 2.18. The Bertz CT molecular complexity index is 386. The summed E-state index contributed by atoms with van der Waals surface area (Å²) in [7, 11) is 0. The fraction of sp³-hybridized carbons (Fsp3) is 0.538. The highest BCUT2D eigenvalue weighted by atomic mass is 16.2. The monoisotopic (exact) mass is 233 g/mol. The van der Waals surface area contributed by atoms with Crippen LogP contribution in [0.25, 0.3) is 0 Å². The zero-order chi connectivity index (χ0) is 12.1. The minimum atomic E-state index is -0.0619. The number of nitrogens with zero attached hydrogens (tertiary/aromatic N) is 1. The predicted molar refractivity (Wildman–Crippen MR) is 66.6 cm³/mol. The van der Waals surface area contributed by atoms with Crippen molar-refractivity contribution >= 4 is 6.03 Å². The summed E-state index contributed by atoms with van der Waals surface area (Å²) in [5.41, 5.74) is 2.22. The quantitative estimate of drug-likeness (QED) is 0.840. The lowest BCUT2D eigenvalue weighted by Gasteiger charge is -2.13. The molecule has 2 N–H and O–H groups in total. The Labute approximate surface area is 102 Å². The molecule has 0 aromatic carbocycles. The van der Waals surface area contributed by atoms with Crippen molar-refractivity contribution in [3.05, 3.63) is 29.6 Å². The summed E-state index contributed by atoms with van der Waals surface area (Å²) in [5, 5.41) is 5.89. The molecule has 1 aromatic heterocycles. The zero-order valence-corrected chi connectivity index (χ0v) is 10.2. The van der Waals surface area contributed by atoms with Gasteiger partial charge in [-0.3, -0.25) is 4.98 Å². The molecule has 1 aliphatic carbocycles.